The number of nitrogens with two attached hydrogens (primary N) is 3. The van der Waals surface area contributed by atoms with Gasteiger partial charge in [0.25, 0.3) is 11.8 Å². The van der Waals surface area contributed by atoms with Gasteiger partial charge in [-0.2, -0.15) is 5.10 Å². The smallest absolute Gasteiger partial charge is 0.280 e. The Morgan fingerprint density at radius 1 is 1.09 bits per heavy atom. The SMILES string of the molecule is CCn1nc(C)cc1C(=O)Nc1nc2cc(C(N)=O)cc(C)c2n1C/C=C/CN1c2c(ccc3c2OCCO3)NC1(N)C(N)=O. The van der Waals surface area contributed by atoms with Crippen molar-refractivity contribution in [3.8, 4) is 11.5 Å². The number of benzene rings is 2. The van der Waals surface area contributed by atoms with E-state index in [1.54, 1.807) is 39.9 Å². The van der Waals surface area contributed by atoms with E-state index >= 15 is 0 Å². The summed E-state index contributed by atoms with van der Waals surface area (Å²) >= 11 is 0. The standard InChI is InChI=1S/C30H34N10O5/c1-4-40-21(14-17(3)37-40)27(42)35-29-34-20-15-18(26(31)41)13-16(2)23(20)38(29)9-5-6-10-39-24-19(36-30(39,33)28(32)43)7-8-22-25(24)45-12-11-44-22/h5-8,13-15,36H,4,9-12,33H2,1-3H3,(H2,31,41)(H2,32,43)(H,34,35,42)/b6-5+. The predicted molar refractivity (Wildman–Crippen MR) is 167 cm³/mol. The Bertz CT molecular complexity index is 1890. The summed E-state index contributed by atoms with van der Waals surface area (Å²) in [6.07, 6.45) is 3.68. The Kier molecular flexibility index (Phi) is 7.32. The van der Waals surface area contributed by atoms with Gasteiger partial charge in [0.1, 0.15) is 24.6 Å². The number of anilines is 3. The fourth-order valence-electron chi connectivity index (χ4n) is 5.74. The van der Waals surface area contributed by atoms with E-state index in [9.17, 15) is 14.4 Å². The number of rotatable bonds is 9. The molecule has 0 spiro atoms. The van der Waals surface area contributed by atoms with Crippen molar-refractivity contribution in [3.63, 3.8) is 0 Å². The molecule has 0 saturated heterocycles. The van der Waals surface area contributed by atoms with Gasteiger partial charge in [-0.15, -0.1) is 0 Å². The van der Waals surface area contributed by atoms with Gasteiger partial charge in [-0.05, 0) is 56.7 Å². The third-order valence-electron chi connectivity index (χ3n) is 7.80. The molecule has 0 bridgehead atoms. The molecule has 234 valence electrons. The lowest BCUT2D eigenvalue weighted by atomic mass is 10.1. The molecule has 0 aliphatic carbocycles. The second-order valence-corrected chi connectivity index (χ2v) is 10.8. The molecule has 15 heteroatoms. The zero-order chi connectivity index (χ0) is 32.0. The third-order valence-corrected chi connectivity index (χ3v) is 7.80. The molecular weight excluding hydrogens is 580 g/mol. The van der Waals surface area contributed by atoms with Crippen LogP contribution < -0.4 is 42.2 Å². The average Bonchev–Trinajstić information content (AvgIpc) is 3.66. The molecule has 0 fully saturated rings. The summed E-state index contributed by atoms with van der Waals surface area (Å²) in [5.41, 5.74) is 22.3. The molecule has 1 atom stereocenters. The topological polar surface area (TPSA) is 211 Å². The molecule has 2 aliphatic heterocycles. The molecule has 2 aliphatic rings. The van der Waals surface area contributed by atoms with Crippen LogP contribution >= 0.6 is 0 Å². The van der Waals surface area contributed by atoms with E-state index in [2.05, 4.69) is 20.7 Å². The molecule has 0 saturated carbocycles. The summed E-state index contributed by atoms with van der Waals surface area (Å²) in [7, 11) is 0. The van der Waals surface area contributed by atoms with Crippen molar-refractivity contribution < 1.29 is 23.9 Å². The van der Waals surface area contributed by atoms with Crippen molar-refractivity contribution in [2.24, 2.45) is 17.2 Å². The lowest BCUT2D eigenvalue weighted by Crippen LogP contribution is -2.66. The number of ether oxygens (including phenoxy) is 2. The number of fused-ring (bicyclic) bond motifs is 4. The summed E-state index contributed by atoms with van der Waals surface area (Å²) in [5.74, 6) is -2.17. The first-order chi connectivity index (χ1) is 21.5. The molecule has 45 heavy (non-hydrogen) atoms. The maximum Gasteiger partial charge on any atom is 0.280 e. The molecule has 8 N–H and O–H groups in total. The Balaban J connectivity index is 1.34. The minimum Gasteiger partial charge on any atom is -0.486 e. The molecule has 0 radical (unpaired) electrons. The number of carbonyl (C=O) groups is 3. The van der Waals surface area contributed by atoms with Crippen LogP contribution in [0.3, 0.4) is 0 Å². The molecule has 3 amide bonds. The van der Waals surface area contributed by atoms with Crippen molar-refractivity contribution in [1.82, 2.24) is 19.3 Å². The fourth-order valence-corrected chi connectivity index (χ4v) is 5.74. The first kappa shape index (κ1) is 29.5. The number of nitrogens with zero attached hydrogens (tertiary/aromatic N) is 5. The predicted octanol–water partition coefficient (Wildman–Crippen LogP) is 1.58. The molecule has 4 heterocycles. The van der Waals surface area contributed by atoms with Crippen LogP contribution in [0.2, 0.25) is 0 Å². The Labute approximate surface area is 257 Å². The highest BCUT2D eigenvalue weighted by Gasteiger charge is 2.47. The van der Waals surface area contributed by atoms with E-state index < -0.39 is 17.6 Å². The molecular formula is C30H34N10O5. The van der Waals surface area contributed by atoms with Crippen LogP contribution in [-0.2, 0) is 17.9 Å². The first-order valence-corrected chi connectivity index (χ1v) is 14.4. The van der Waals surface area contributed by atoms with Crippen LogP contribution in [-0.4, -0.2) is 62.6 Å². The lowest BCUT2D eigenvalue weighted by Gasteiger charge is -2.33. The van der Waals surface area contributed by atoms with Crippen LogP contribution in [0.5, 0.6) is 11.5 Å². The van der Waals surface area contributed by atoms with E-state index in [-0.39, 0.29) is 24.9 Å². The van der Waals surface area contributed by atoms with Gasteiger partial charge in [0.05, 0.1) is 22.4 Å². The number of amides is 3. The van der Waals surface area contributed by atoms with Crippen molar-refractivity contribution >= 4 is 46.1 Å². The Morgan fingerprint density at radius 2 is 1.84 bits per heavy atom. The number of aromatic nitrogens is 4. The summed E-state index contributed by atoms with van der Waals surface area (Å²) in [6.45, 7) is 7.26. The summed E-state index contributed by atoms with van der Waals surface area (Å²) in [5, 5.41) is 10.3. The molecule has 15 nitrogen and oxygen atoms in total. The number of aryl methyl sites for hydroxylation is 3. The third kappa shape index (κ3) is 5.06. The molecule has 1 unspecified atom stereocenters. The fraction of sp³-hybridized carbons (Fsp3) is 0.300. The zero-order valence-corrected chi connectivity index (χ0v) is 25.1. The van der Waals surface area contributed by atoms with Crippen LogP contribution in [0.1, 0.15) is 39.0 Å². The minimum absolute atomic E-state index is 0.174. The highest BCUT2D eigenvalue weighted by molar-refractivity contribution is 6.04. The minimum atomic E-state index is -1.72. The van der Waals surface area contributed by atoms with Crippen molar-refractivity contribution in [1.29, 1.82) is 0 Å². The van der Waals surface area contributed by atoms with Gasteiger partial charge in [0.15, 0.2) is 11.5 Å². The largest absolute Gasteiger partial charge is 0.486 e. The average molecular weight is 615 g/mol. The van der Waals surface area contributed by atoms with Gasteiger partial charge in [0, 0.05) is 25.2 Å². The number of hydrogen-bond acceptors (Lipinski definition) is 10. The van der Waals surface area contributed by atoms with Crippen molar-refractivity contribution in [3.05, 3.63) is 65.0 Å². The number of nitrogens with one attached hydrogen (secondary N) is 2. The maximum atomic E-state index is 13.4. The summed E-state index contributed by atoms with van der Waals surface area (Å²) in [6, 6.07) is 8.49. The van der Waals surface area contributed by atoms with E-state index in [0.717, 1.165) is 5.56 Å². The normalized spacial score (nSPS) is 17.0. The number of primary amides is 2. The summed E-state index contributed by atoms with van der Waals surface area (Å²) in [4.78, 5) is 44.2. The number of carbonyl (C=O) groups excluding carboxylic acids is 3. The second kappa shape index (κ2) is 11.2. The lowest BCUT2D eigenvalue weighted by molar-refractivity contribution is -0.122. The molecule has 2 aromatic heterocycles. The van der Waals surface area contributed by atoms with Crippen LogP contribution in [0.15, 0.2) is 42.5 Å². The van der Waals surface area contributed by atoms with E-state index in [0.29, 0.717) is 70.6 Å². The number of hydrogen-bond donors (Lipinski definition) is 5. The van der Waals surface area contributed by atoms with E-state index in [1.165, 1.54) is 0 Å². The second-order valence-electron chi connectivity index (χ2n) is 10.8. The Hall–Kier alpha value is -5.57. The molecule has 6 rings (SSSR count). The zero-order valence-electron chi connectivity index (χ0n) is 25.1. The molecule has 4 aromatic rings. The van der Waals surface area contributed by atoms with Crippen LogP contribution in [0, 0.1) is 13.8 Å². The van der Waals surface area contributed by atoms with E-state index in [4.69, 9.17) is 26.7 Å². The first-order valence-electron chi connectivity index (χ1n) is 14.4. The van der Waals surface area contributed by atoms with Gasteiger partial charge in [-0.1, -0.05) is 12.2 Å². The van der Waals surface area contributed by atoms with Crippen LogP contribution in [0.25, 0.3) is 11.0 Å². The van der Waals surface area contributed by atoms with Gasteiger partial charge in [0.2, 0.25) is 17.6 Å². The van der Waals surface area contributed by atoms with Gasteiger partial charge in [-0.25, -0.2) is 4.98 Å². The summed E-state index contributed by atoms with van der Waals surface area (Å²) < 4.78 is 15.1. The quantitative estimate of drug-likeness (QED) is 0.172. The van der Waals surface area contributed by atoms with Gasteiger partial charge in [-0.3, -0.25) is 30.1 Å². The molecule has 2 aromatic carbocycles. The highest BCUT2D eigenvalue weighted by Crippen LogP contribution is 2.50. The van der Waals surface area contributed by atoms with Crippen LogP contribution in [0.4, 0.5) is 17.3 Å². The van der Waals surface area contributed by atoms with Crippen molar-refractivity contribution in [2.75, 3.05) is 35.3 Å². The van der Waals surface area contributed by atoms with E-state index in [1.807, 2.05) is 37.5 Å². The Morgan fingerprint density at radius 3 is 2.58 bits per heavy atom. The maximum absolute atomic E-state index is 13.4. The monoisotopic (exact) mass is 614 g/mol. The highest BCUT2D eigenvalue weighted by atomic mass is 16.6. The number of allylic oxidation sites excluding steroid dienone is 1. The van der Waals surface area contributed by atoms with Crippen molar-refractivity contribution in [2.45, 2.75) is 39.6 Å². The number of imidazole rings is 1. The van der Waals surface area contributed by atoms with Gasteiger partial charge < -0.3 is 35.7 Å². The van der Waals surface area contributed by atoms with Gasteiger partial charge >= 0.3 is 0 Å².